The highest BCUT2D eigenvalue weighted by atomic mass is 35.5. The number of rotatable bonds is 6. The lowest BCUT2D eigenvalue weighted by Gasteiger charge is -2.11. The molecule has 0 fully saturated rings. The summed E-state index contributed by atoms with van der Waals surface area (Å²) in [5, 5.41) is 4.75. The number of fused-ring (bicyclic) bond motifs is 1. The number of nitrogens with one attached hydrogen (secondary N) is 1. The maximum atomic E-state index is 6.26. The third-order valence-electron chi connectivity index (χ3n) is 3.55. The van der Waals surface area contributed by atoms with Crippen LogP contribution >= 0.6 is 23.4 Å². The smallest absolute Gasteiger partial charge is 0.141 e. The summed E-state index contributed by atoms with van der Waals surface area (Å²) >= 11 is 7.99. The maximum absolute atomic E-state index is 6.26. The second-order valence-electron chi connectivity index (χ2n) is 5.21. The first-order valence-corrected chi connectivity index (χ1v) is 8.97. The highest BCUT2D eigenvalue weighted by molar-refractivity contribution is 7.99. The van der Waals surface area contributed by atoms with Gasteiger partial charge in [0, 0.05) is 28.7 Å². The number of benzene rings is 2. The van der Waals surface area contributed by atoms with Crippen LogP contribution in [0.3, 0.4) is 0 Å². The first kappa shape index (κ1) is 17.6. The number of hydrogen-bond donors (Lipinski definition) is 1. The molecule has 4 nitrogen and oxygen atoms in total. The van der Waals surface area contributed by atoms with Crippen molar-refractivity contribution < 1.29 is 4.74 Å². The van der Waals surface area contributed by atoms with Gasteiger partial charge in [0.15, 0.2) is 0 Å². The van der Waals surface area contributed by atoms with E-state index >= 15 is 0 Å². The van der Waals surface area contributed by atoms with Crippen molar-refractivity contribution in [3.8, 4) is 12.3 Å². The fourth-order valence-corrected chi connectivity index (χ4v) is 3.32. The first-order chi connectivity index (χ1) is 12.2. The van der Waals surface area contributed by atoms with Crippen LogP contribution in [-0.2, 0) is 4.74 Å². The number of nitrogens with zero attached hydrogens (tertiary/aromatic N) is 2. The third-order valence-corrected chi connectivity index (χ3v) is 4.84. The Morgan fingerprint density at radius 3 is 2.92 bits per heavy atom. The molecular formula is C19H16ClN3OS. The van der Waals surface area contributed by atoms with Gasteiger partial charge in [-0.15, -0.1) is 18.2 Å². The monoisotopic (exact) mass is 369 g/mol. The van der Waals surface area contributed by atoms with Crippen molar-refractivity contribution in [1.29, 1.82) is 0 Å². The van der Waals surface area contributed by atoms with Gasteiger partial charge in [-0.1, -0.05) is 17.5 Å². The molecule has 126 valence electrons. The molecule has 0 amide bonds. The quantitative estimate of drug-likeness (QED) is 0.386. The van der Waals surface area contributed by atoms with Crippen LogP contribution in [0.25, 0.3) is 10.9 Å². The molecule has 0 saturated carbocycles. The van der Waals surface area contributed by atoms with Crippen LogP contribution in [0.5, 0.6) is 0 Å². The minimum absolute atomic E-state index is 0.581. The summed E-state index contributed by atoms with van der Waals surface area (Å²) in [6.45, 7) is 0.712. The van der Waals surface area contributed by atoms with Gasteiger partial charge in [-0.05, 0) is 36.4 Å². The Balaban J connectivity index is 1.91. The molecule has 6 heteroatoms. The van der Waals surface area contributed by atoms with E-state index in [1.54, 1.807) is 31.0 Å². The molecule has 2 aromatic carbocycles. The molecule has 0 atom stereocenters. The number of thioether (sulfide) groups is 1. The van der Waals surface area contributed by atoms with E-state index in [1.807, 2.05) is 18.2 Å². The van der Waals surface area contributed by atoms with Crippen molar-refractivity contribution in [2.75, 3.05) is 24.8 Å². The lowest BCUT2D eigenvalue weighted by atomic mass is 10.2. The third kappa shape index (κ3) is 4.23. The summed E-state index contributed by atoms with van der Waals surface area (Å²) in [6, 6.07) is 11.5. The molecule has 0 radical (unpaired) electrons. The topological polar surface area (TPSA) is 47.0 Å². The van der Waals surface area contributed by atoms with Crippen LogP contribution < -0.4 is 5.32 Å². The Morgan fingerprint density at radius 2 is 2.12 bits per heavy atom. The van der Waals surface area contributed by atoms with Gasteiger partial charge < -0.3 is 10.1 Å². The van der Waals surface area contributed by atoms with Crippen LogP contribution in [-0.4, -0.2) is 29.4 Å². The van der Waals surface area contributed by atoms with Crippen molar-refractivity contribution >= 4 is 45.8 Å². The molecule has 1 N–H and O–H groups in total. The van der Waals surface area contributed by atoms with Crippen molar-refractivity contribution in [3.05, 3.63) is 53.3 Å². The van der Waals surface area contributed by atoms with Crippen molar-refractivity contribution in [3.63, 3.8) is 0 Å². The molecule has 0 aliphatic carbocycles. The summed E-state index contributed by atoms with van der Waals surface area (Å²) in [7, 11) is 1.70. The van der Waals surface area contributed by atoms with Crippen molar-refractivity contribution in [2.24, 2.45) is 0 Å². The molecule has 1 heterocycles. The zero-order valence-corrected chi connectivity index (χ0v) is 15.2. The largest absolute Gasteiger partial charge is 0.384 e. The number of terminal acetylenes is 1. The number of halogens is 1. The van der Waals surface area contributed by atoms with Crippen LogP contribution in [0.4, 0.5) is 11.5 Å². The van der Waals surface area contributed by atoms with Crippen LogP contribution in [0, 0.1) is 12.3 Å². The molecule has 0 aliphatic rings. The second-order valence-corrected chi connectivity index (χ2v) is 6.78. The zero-order valence-electron chi connectivity index (χ0n) is 13.6. The lowest BCUT2D eigenvalue weighted by molar-refractivity contribution is 0.218. The maximum Gasteiger partial charge on any atom is 0.141 e. The average Bonchev–Trinajstić information content (AvgIpc) is 2.64. The summed E-state index contributed by atoms with van der Waals surface area (Å²) in [6.07, 6.45) is 7.00. The van der Waals surface area contributed by atoms with E-state index in [2.05, 4.69) is 27.3 Å². The van der Waals surface area contributed by atoms with E-state index in [1.165, 1.54) is 6.33 Å². The highest BCUT2D eigenvalue weighted by Crippen LogP contribution is 2.30. The lowest BCUT2D eigenvalue weighted by Crippen LogP contribution is -1.97. The second kappa shape index (κ2) is 8.21. The van der Waals surface area contributed by atoms with E-state index in [-0.39, 0.29) is 0 Å². The first-order valence-electron chi connectivity index (χ1n) is 7.61. The van der Waals surface area contributed by atoms with Crippen LogP contribution in [0.15, 0.2) is 47.6 Å². The van der Waals surface area contributed by atoms with Gasteiger partial charge in [0.2, 0.25) is 0 Å². The molecule has 1 aromatic heterocycles. The predicted molar refractivity (Wildman–Crippen MR) is 105 cm³/mol. The van der Waals surface area contributed by atoms with Gasteiger partial charge in [0.05, 0.1) is 22.8 Å². The molecule has 0 unspecified atom stereocenters. The molecule has 0 saturated heterocycles. The Bertz CT molecular complexity index is 940. The Hall–Kier alpha value is -2.26. The molecular weight excluding hydrogens is 354 g/mol. The number of hydrogen-bond acceptors (Lipinski definition) is 5. The fourth-order valence-electron chi connectivity index (χ4n) is 2.31. The molecule has 0 bridgehead atoms. The van der Waals surface area contributed by atoms with Gasteiger partial charge in [0.25, 0.3) is 0 Å². The number of ether oxygens (including phenoxy) is 1. The van der Waals surface area contributed by atoms with Crippen LogP contribution in [0.2, 0.25) is 5.02 Å². The minimum Gasteiger partial charge on any atom is -0.384 e. The SMILES string of the molecule is C#Cc1ccc(Cl)c(Nc2ncnc3cc(SCCOC)ccc23)c1. The Labute approximate surface area is 156 Å². The van der Waals surface area contributed by atoms with E-state index < -0.39 is 0 Å². The molecule has 0 aliphatic heterocycles. The number of anilines is 2. The van der Waals surface area contributed by atoms with Crippen molar-refractivity contribution in [1.82, 2.24) is 9.97 Å². The van der Waals surface area contributed by atoms with Crippen LogP contribution in [0.1, 0.15) is 5.56 Å². The molecule has 25 heavy (non-hydrogen) atoms. The minimum atomic E-state index is 0.581. The molecule has 0 spiro atoms. The van der Waals surface area contributed by atoms with E-state index in [0.29, 0.717) is 17.4 Å². The normalized spacial score (nSPS) is 10.6. The Kier molecular flexibility index (Phi) is 5.77. The van der Waals surface area contributed by atoms with Gasteiger partial charge in [0.1, 0.15) is 12.1 Å². The van der Waals surface area contributed by atoms with Gasteiger partial charge in [-0.3, -0.25) is 0 Å². The van der Waals surface area contributed by atoms with Gasteiger partial charge in [-0.2, -0.15) is 0 Å². The average molecular weight is 370 g/mol. The van der Waals surface area contributed by atoms with Crippen molar-refractivity contribution in [2.45, 2.75) is 4.90 Å². The molecule has 3 rings (SSSR count). The fraction of sp³-hybridized carbons (Fsp3) is 0.158. The van der Waals surface area contributed by atoms with E-state index in [4.69, 9.17) is 22.8 Å². The summed E-state index contributed by atoms with van der Waals surface area (Å²) in [4.78, 5) is 9.85. The summed E-state index contributed by atoms with van der Waals surface area (Å²) in [5.41, 5.74) is 2.34. The number of aromatic nitrogens is 2. The van der Waals surface area contributed by atoms with E-state index in [9.17, 15) is 0 Å². The van der Waals surface area contributed by atoms with E-state index in [0.717, 1.165) is 32.8 Å². The highest BCUT2D eigenvalue weighted by Gasteiger charge is 2.08. The van der Waals surface area contributed by atoms with Gasteiger partial charge in [-0.25, -0.2) is 9.97 Å². The standard InChI is InChI=1S/C19H16ClN3OS/c1-3-13-4-7-16(20)18(10-13)23-19-15-6-5-14(25-9-8-24-2)11-17(15)21-12-22-19/h1,4-7,10-12H,8-9H2,2H3,(H,21,22,23). The summed E-state index contributed by atoms with van der Waals surface area (Å²) in [5.74, 6) is 4.19. The Morgan fingerprint density at radius 1 is 1.24 bits per heavy atom. The zero-order chi connectivity index (χ0) is 17.6. The predicted octanol–water partition coefficient (Wildman–Crippen LogP) is 4.75. The molecule has 3 aromatic rings. The van der Waals surface area contributed by atoms with Gasteiger partial charge >= 0.3 is 0 Å². The summed E-state index contributed by atoms with van der Waals surface area (Å²) < 4.78 is 5.08. The number of methoxy groups -OCH3 is 1.